The van der Waals surface area contributed by atoms with E-state index >= 15 is 0 Å². The van der Waals surface area contributed by atoms with Gasteiger partial charge < -0.3 is 9.79 Å². The summed E-state index contributed by atoms with van der Waals surface area (Å²) in [6, 6.07) is 0. The fourth-order valence-corrected chi connectivity index (χ4v) is 4.33. The zero-order valence-corrected chi connectivity index (χ0v) is 21.6. The Morgan fingerprint density at radius 1 is 0.568 bits per heavy atom. The molecule has 0 amide bonds. The first kappa shape index (κ1) is 42.6. The van der Waals surface area contributed by atoms with E-state index in [2.05, 4.69) is 4.52 Å². The molecule has 0 atom stereocenters. The van der Waals surface area contributed by atoms with Gasteiger partial charge in [0.25, 0.3) is 10.0 Å². The summed E-state index contributed by atoms with van der Waals surface area (Å²) in [5.41, 5.74) is 0. The van der Waals surface area contributed by atoms with E-state index in [1.54, 1.807) is 0 Å². The molecule has 266 valence electrons. The first-order valence-electron chi connectivity index (χ1n) is 9.83. The Labute approximate surface area is 228 Å². The largest absolute Gasteiger partial charge is 0.469 e. The molecule has 0 aliphatic carbocycles. The van der Waals surface area contributed by atoms with Crippen LogP contribution in [0, 0.1) is 0 Å². The predicted octanol–water partition coefficient (Wildman–Crippen LogP) is 5.98. The molecule has 0 aromatic carbocycles. The Morgan fingerprint density at radius 3 is 1.09 bits per heavy atom. The smallest absolute Gasteiger partial charge is 0.303 e. The normalized spacial score (nSPS) is 16.6. The minimum absolute atomic E-state index is 0.309. The van der Waals surface area contributed by atoms with Crippen molar-refractivity contribution in [1.29, 1.82) is 0 Å². The second kappa shape index (κ2) is 11.4. The van der Waals surface area contributed by atoms with E-state index in [1.165, 1.54) is 0 Å². The second-order valence-corrected chi connectivity index (χ2v) is 11.1. The van der Waals surface area contributed by atoms with Gasteiger partial charge in [-0.2, -0.15) is 96.5 Å². The van der Waals surface area contributed by atoms with E-state index in [-0.39, 0.29) is 0 Å². The van der Waals surface area contributed by atoms with Gasteiger partial charge in [0.2, 0.25) is 0 Å². The van der Waals surface area contributed by atoms with Crippen LogP contribution in [0.1, 0.15) is 6.92 Å². The maximum Gasteiger partial charge on any atom is 0.469 e. The number of sulfonamides is 1. The van der Waals surface area contributed by atoms with Crippen LogP contribution in [0.25, 0.3) is 0 Å². The van der Waals surface area contributed by atoms with Crippen LogP contribution in [-0.4, -0.2) is 101 Å². The quantitative estimate of drug-likeness (QED) is 0.158. The molecule has 44 heavy (non-hydrogen) atoms. The van der Waals surface area contributed by atoms with E-state index in [0.29, 0.717) is 6.92 Å². The van der Waals surface area contributed by atoms with Gasteiger partial charge in [-0.15, -0.1) is 0 Å². The maximum absolute atomic E-state index is 14.2. The molecule has 0 aliphatic heterocycles. The molecule has 0 unspecified atom stereocenters. The monoisotopic (exact) mass is 751 g/mol. The van der Waals surface area contributed by atoms with Gasteiger partial charge in [-0.3, -0.25) is 4.52 Å². The average Bonchev–Trinajstić information content (AvgIpc) is 2.78. The topological polar surface area (TPSA) is 104 Å². The number of halogens is 21. The van der Waals surface area contributed by atoms with Gasteiger partial charge >= 0.3 is 66.6 Å². The summed E-state index contributed by atoms with van der Waals surface area (Å²) in [7, 11) is -13.4. The lowest BCUT2D eigenvalue weighted by molar-refractivity contribution is -0.472. The molecule has 0 aromatic rings. The summed E-state index contributed by atoms with van der Waals surface area (Å²) in [4.78, 5) is 16.7. The highest BCUT2D eigenvalue weighted by atomic mass is 32.2. The zero-order chi connectivity index (χ0) is 36.4. The van der Waals surface area contributed by atoms with Gasteiger partial charge in [-0.05, 0) is 0 Å². The summed E-state index contributed by atoms with van der Waals surface area (Å²) in [5, 5.41) is -7.98. The molecule has 0 bridgehead atoms. The lowest BCUT2D eigenvalue weighted by atomic mass is 9.87. The van der Waals surface area contributed by atoms with Gasteiger partial charge in [0.15, 0.2) is 0 Å². The fraction of sp³-hybridized carbons (Fsp3) is 1.00. The Balaban J connectivity index is 7.16. The number of hydrogen-bond acceptors (Lipinski definition) is 4. The van der Waals surface area contributed by atoms with Gasteiger partial charge in [0, 0.05) is 13.1 Å². The minimum atomic E-state index is -9.44. The molecular weight excluding hydrogens is 740 g/mol. The van der Waals surface area contributed by atoms with Crippen LogP contribution in [0.3, 0.4) is 0 Å². The van der Waals surface area contributed by atoms with Crippen molar-refractivity contribution in [2.45, 2.75) is 65.7 Å². The summed E-state index contributed by atoms with van der Waals surface area (Å²) < 4.78 is 318. The maximum atomic E-state index is 14.2. The van der Waals surface area contributed by atoms with E-state index in [9.17, 15) is 105 Å². The van der Waals surface area contributed by atoms with Crippen molar-refractivity contribution in [3.8, 4) is 0 Å². The van der Waals surface area contributed by atoms with E-state index in [0.717, 1.165) is 0 Å². The van der Waals surface area contributed by atoms with Crippen LogP contribution in [0.2, 0.25) is 0 Å². The fourth-order valence-electron chi connectivity index (χ4n) is 2.58. The Kier molecular flexibility index (Phi) is 11.0. The SMILES string of the molecule is CCN(CCOP(=O)(O)O)S(=O)(=O)C(F)(F)C(F)(F)C(F)(F)C(F)(F)C(F)(F)C(F)(F)C(F)(F)C(F)(F)C(F)(F)C(F)(F)F. The number of phosphoric ester groups is 1. The number of alkyl halides is 21. The lowest BCUT2D eigenvalue weighted by Crippen LogP contribution is -2.77. The summed E-state index contributed by atoms with van der Waals surface area (Å²) >= 11 is 0. The van der Waals surface area contributed by atoms with Gasteiger partial charge in [-0.25, -0.2) is 13.0 Å². The molecule has 0 saturated carbocycles. The van der Waals surface area contributed by atoms with E-state index in [1.807, 2.05) is 0 Å². The second-order valence-electron chi connectivity index (χ2n) is 7.93. The predicted molar refractivity (Wildman–Crippen MR) is 94.7 cm³/mol. The van der Waals surface area contributed by atoms with Gasteiger partial charge in [0.1, 0.15) is 0 Å². The highest BCUT2D eigenvalue weighted by molar-refractivity contribution is 7.90. The van der Waals surface area contributed by atoms with Crippen molar-refractivity contribution in [3.63, 3.8) is 0 Å². The zero-order valence-electron chi connectivity index (χ0n) is 19.9. The molecule has 2 N–H and O–H groups in total. The highest BCUT2D eigenvalue weighted by Crippen LogP contribution is 2.66. The van der Waals surface area contributed by atoms with Crippen LogP contribution in [0.5, 0.6) is 0 Å². The molecular formula is C14H11F21NO6PS. The van der Waals surface area contributed by atoms with Gasteiger partial charge in [-0.1, -0.05) is 6.92 Å². The molecule has 30 heteroatoms. The van der Waals surface area contributed by atoms with Crippen LogP contribution < -0.4 is 0 Å². The first-order chi connectivity index (χ1) is 18.7. The number of likely N-dealkylation sites (N-methyl/N-ethyl adjacent to an activating group) is 1. The van der Waals surface area contributed by atoms with Crippen LogP contribution in [-0.2, 0) is 19.1 Å². The highest BCUT2D eigenvalue weighted by Gasteiger charge is 2.98. The standard InChI is InChI=1S/C14H11F21NO6PS/c1-2-36(3-4-42-43(37,38)39)44(40,41)14(34,35)12(29,30)10(25,26)8(21,22)6(17,18)5(15,16)7(19,20)9(23,24)11(27,28)13(31,32)33/h2-4H2,1H3,(H2,37,38,39). The van der Waals surface area contributed by atoms with Crippen molar-refractivity contribution in [3.05, 3.63) is 0 Å². The summed E-state index contributed by atoms with van der Waals surface area (Å²) in [5.74, 6) is -73.0. The molecule has 0 saturated heterocycles. The number of hydrogen-bond donors (Lipinski definition) is 2. The number of nitrogens with zero attached hydrogens (tertiary/aromatic N) is 1. The van der Waals surface area contributed by atoms with Crippen LogP contribution in [0.4, 0.5) is 92.2 Å². The summed E-state index contributed by atoms with van der Waals surface area (Å²) in [6.45, 7) is -5.20. The van der Waals surface area contributed by atoms with Gasteiger partial charge in [0.05, 0.1) is 6.61 Å². The Morgan fingerprint density at radius 2 is 0.841 bits per heavy atom. The summed E-state index contributed by atoms with van der Waals surface area (Å²) in [6.07, 6.45) is -8.12. The average molecular weight is 751 g/mol. The first-order valence-corrected chi connectivity index (χ1v) is 12.8. The molecule has 7 nitrogen and oxygen atoms in total. The molecule has 0 aromatic heterocycles. The molecule has 0 radical (unpaired) electrons. The van der Waals surface area contributed by atoms with E-state index < -0.39 is 101 Å². The Hall–Kier alpha value is -1.45. The Bertz CT molecular complexity index is 1200. The van der Waals surface area contributed by atoms with E-state index in [4.69, 9.17) is 9.79 Å². The third-order valence-corrected chi connectivity index (χ3v) is 7.64. The third kappa shape index (κ3) is 5.92. The van der Waals surface area contributed by atoms with Crippen molar-refractivity contribution in [2.24, 2.45) is 0 Å². The lowest BCUT2D eigenvalue weighted by Gasteiger charge is -2.44. The molecule has 0 fully saturated rings. The molecule has 0 spiro atoms. The molecule has 0 aliphatic rings. The van der Waals surface area contributed by atoms with Crippen LogP contribution >= 0.6 is 7.82 Å². The van der Waals surface area contributed by atoms with Crippen LogP contribution in [0.15, 0.2) is 0 Å². The van der Waals surface area contributed by atoms with Crippen molar-refractivity contribution in [2.75, 3.05) is 19.7 Å². The van der Waals surface area contributed by atoms with Crippen molar-refractivity contribution in [1.82, 2.24) is 4.31 Å². The van der Waals surface area contributed by atoms with Crippen molar-refractivity contribution >= 4 is 17.8 Å². The minimum Gasteiger partial charge on any atom is -0.303 e. The van der Waals surface area contributed by atoms with Crippen molar-refractivity contribution < 1.29 is 119 Å². The molecule has 0 rings (SSSR count). The molecule has 0 heterocycles. The number of rotatable bonds is 15. The number of phosphoric acid groups is 1. The third-order valence-electron chi connectivity index (χ3n) is 5.10.